The normalized spacial score (nSPS) is 26.5. The summed E-state index contributed by atoms with van der Waals surface area (Å²) in [5.41, 5.74) is 0.765. The summed E-state index contributed by atoms with van der Waals surface area (Å²) in [6, 6.07) is 0. The molecule has 0 bridgehead atoms. The third-order valence-electron chi connectivity index (χ3n) is 2.82. The zero-order valence-electron chi connectivity index (χ0n) is 8.56. The van der Waals surface area contributed by atoms with Crippen LogP contribution >= 0.6 is 0 Å². The minimum atomic E-state index is -0.771. The molecule has 0 saturated carbocycles. The third kappa shape index (κ3) is 2.02. The Morgan fingerprint density at radius 2 is 2.53 bits per heavy atom. The summed E-state index contributed by atoms with van der Waals surface area (Å²) in [5, 5.41) is 12.2. The Morgan fingerprint density at radius 3 is 3.13 bits per heavy atom. The average molecular weight is 210 g/mol. The first-order chi connectivity index (χ1) is 7.18. The van der Waals surface area contributed by atoms with E-state index in [0.717, 1.165) is 18.7 Å². The van der Waals surface area contributed by atoms with E-state index in [-0.39, 0.29) is 5.92 Å². The predicted octanol–water partition coefficient (Wildman–Crippen LogP) is 0.761. The van der Waals surface area contributed by atoms with Crippen molar-refractivity contribution in [2.75, 3.05) is 13.1 Å². The Morgan fingerprint density at radius 1 is 1.73 bits per heavy atom. The minimum Gasteiger partial charge on any atom is -0.481 e. The Kier molecular flexibility index (Phi) is 2.73. The lowest BCUT2D eigenvalue weighted by Gasteiger charge is -2.27. The Balaban J connectivity index is 2.21. The van der Waals surface area contributed by atoms with Crippen LogP contribution in [0.15, 0.2) is 10.7 Å². The van der Waals surface area contributed by atoms with Gasteiger partial charge in [0.15, 0.2) is 5.89 Å². The first kappa shape index (κ1) is 10.2. The number of carboxylic acid groups (broad SMARTS) is 1. The van der Waals surface area contributed by atoms with Crippen LogP contribution in [-0.2, 0) is 4.79 Å². The fraction of sp³-hybridized carbons (Fsp3) is 0.600. The lowest BCUT2D eigenvalue weighted by molar-refractivity contribution is -0.143. The summed E-state index contributed by atoms with van der Waals surface area (Å²) in [6.07, 6.45) is 2.37. The Labute approximate surface area is 87.5 Å². The van der Waals surface area contributed by atoms with Crippen molar-refractivity contribution in [1.82, 2.24) is 10.3 Å². The van der Waals surface area contributed by atoms with E-state index < -0.39 is 11.9 Å². The first-order valence-corrected chi connectivity index (χ1v) is 5.04. The van der Waals surface area contributed by atoms with Gasteiger partial charge in [-0.05, 0) is 13.0 Å². The number of piperidine rings is 1. The van der Waals surface area contributed by atoms with Gasteiger partial charge in [-0.25, -0.2) is 4.98 Å². The maximum atomic E-state index is 11.0. The van der Waals surface area contributed by atoms with E-state index >= 15 is 0 Å². The average Bonchev–Trinajstić information content (AvgIpc) is 2.65. The summed E-state index contributed by atoms with van der Waals surface area (Å²) in [7, 11) is 0. The van der Waals surface area contributed by atoms with Crippen LogP contribution in [0.5, 0.6) is 0 Å². The summed E-state index contributed by atoms with van der Waals surface area (Å²) in [5.74, 6) is -0.607. The number of rotatable bonds is 2. The van der Waals surface area contributed by atoms with E-state index in [9.17, 15) is 4.79 Å². The highest BCUT2D eigenvalue weighted by atomic mass is 16.4. The molecule has 0 spiro atoms. The molecule has 1 aromatic heterocycles. The molecule has 2 unspecified atom stereocenters. The molecule has 0 aromatic carbocycles. The molecule has 1 aliphatic rings. The molecule has 2 atom stereocenters. The Bertz CT molecular complexity index is 361. The quantitative estimate of drug-likeness (QED) is 0.753. The molecule has 15 heavy (non-hydrogen) atoms. The number of aliphatic carboxylic acids is 1. The van der Waals surface area contributed by atoms with Gasteiger partial charge in [0.1, 0.15) is 6.26 Å². The van der Waals surface area contributed by atoms with Crippen molar-refractivity contribution in [3.8, 4) is 0 Å². The molecule has 5 nitrogen and oxygen atoms in total. The molecule has 82 valence electrons. The van der Waals surface area contributed by atoms with E-state index in [2.05, 4.69) is 10.3 Å². The van der Waals surface area contributed by atoms with Crippen molar-refractivity contribution in [3.05, 3.63) is 17.8 Å². The lowest BCUT2D eigenvalue weighted by atomic mass is 9.84. The van der Waals surface area contributed by atoms with E-state index in [4.69, 9.17) is 9.52 Å². The van der Waals surface area contributed by atoms with Gasteiger partial charge in [0.2, 0.25) is 0 Å². The molecule has 0 aliphatic carbocycles. The van der Waals surface area contributed by atoms with Crippen molar-refractivity contribution < 1.29 is 14.3 Å². The summed E-state index contributed by atoms with van der Waals surface area (Å²) >= 11 is 0. The van der Waals surface area contributed by atoms with Gasteiger partial charge in [0.05, 0.1) is 11.6 Å². The van der Waals surface area contributed by atoms with Gasteiger partial charge in [-0.2, -0.15) is 0 Å². The molecule has 0 radical (unpaired) electrons. The van der Waals surface area contributed by atoms with E-state index in [1.165, 1.54) is 0 Å². The summed E-state index contributed by atoms with van der Waals surface area (Å²) in [6.45, 7) is 3.10. The number of nitrogens with one attached hydrogen (secondary N) is 1. The number of oxazole rings is 1. The lowest BCUT2D eigenvalue weighted by Crippen LogP contribution is -2.39. The van der Waals surface area contributed by atoms with Gasteiger partial charge < -0.3 is 14.8 Å². The van der Waals surface area contributed by atoms with Gasteiger partial charge in [0.25, 0.3) is 0 Å². The van der Waals surface area contributed by atoms with Crippen LogP contribution in [-0.4, -0.2) is 29.1 Å². The van der Waals surface area contributed by atoms with Crippen LogP contribution in [0.4, 0.5) is 0 Å². The van der Waals surface area contributed by atoms with Crippen molar-refractivity contribution in [2.24, 2.45) is 5.92 Å². The second-order valence-electron chi connectivity index (χ2n) is 3.84. The standard InChI is InChI=1S/C10H14N2O3/c1-6-12-9(5-15-6)7-2-3-11-4-8(7)10(13)14/h5,7-8,11H,2-4H2,1H3,(H,13,14). The van der Waals surface area contributed by atoms with Crippen molar-refractivity contribution >= 4 is 5.97 Å². The van der Waals surface area contributed by atoms with Crippen LogP contribution in [0.2, 0.25) is 0 Å². The smallest absolute Gasteiger partial charge is 0.308 e. The third-order valence-corrected chi connectivity index (χ3v) is 2.82. The van der Waals surface area contributed by atoms with Crippen LogP contribution < -0.4 is 5.32 Å². The monoisotopic (exact) mass is 210 g/mol. The van der Waals surface area contributed by atoms with Crippen molar-refractivity contribution in [3.63, 3.8) is 0 Å². The Hall–Kier alpha value is -1.36. The molecule has 5 heteroatoms. The number of hydrogen-bond donors (Lipinski definition) is 2. The fourth-order valence-electron chi connectivity index (χ4n) is 2.02. The molecule has 1 fully saturated rings. The molecule has 1 saturated heterocycles. The number of carboxylic acids is 1. The van der Waals surface area contributed by atoms with Gasteiger partial charge in [0, 0.05) is 19.4 Å². The molecule has 2 rings (SSSR count). The van der Waals surface area contributed by atoms with Gasteiger partial charge in [-0.1, -0.05) is 0 Å². The summed E-state index contributed by atoms with van der Waals surface area (Å²) in [4.78, 5) is 15.3. The van der Waals surface area contributed by atoms with Crippen molar-refractivity contribution in [2.45, 2.75) is 19.3 Å². The maximum Gasteiger partial charge on any atom is 0.308 e. The number of hydrogen-bond acceptors (Lipinski definition) is 4. The highest BCUT2D eigenvalue weighted by molar-refractivity contribution is 5.71. The largest absolute Gasteiger partial charge is 0.481 e. The van der Waals surface area contributed by atoms with Gasteiger partial charge >= 0.3 is 5.97 Å². The zero-order chi connectivity index (χ0) is 10.8. The molecular formula is C10H14N2O3. The van der Waals surface area contributed by atoms with Crippen molar-refractivity contribution in [1.29, 1.82) is 0 Å². The van der Waals surface area contributed by atoms with Crippen LogP contribution in [0, 0.1) is 12.8 Å². The first-order valence-electron chi connectivity index (χ1n) is 5.04. The van der Waals surface area contributed by atoms with E-state index in [0.29, 0.717) is 12.4 Å². The molecule has 2 N–H and O–H groups in total. The van der Waals surface area contributed by atoms with Crippen LogP contribution in [0.1, 0.15) is 23.9 Å². The van der Waals surface area contributed by atoms with Gasteiger partial charge in [-0.3, -0.25) is 4.79 Å². The van der Waals surface area contributed by atoms with Crippen LogP contribution in [0.3, 0.4) is 0 Å². The van der Waals surface area contributed by atoms with E-state index in [1.54, 1.807) is 13.2 Å². The highest BCUT2D eigenvalue weighted by Gasteiger charge is 2.33. The topological polar surface area (TPSA) is 75.4 Å². The second-order valence-corrected chi connectivity index (χ2v) is 3.84. The minimum absolute atomic E-state index is 0.0267. The molecule has 2 heterocycles. The number of aryl methyl sites for hydroxylation is 1. The zero-order valence-corrected chi connectivity index (χ0v) is 8.56. The molecule has 1 aromatic rings. The number of carbonyl (C=O) groups is 1. The van der Waals surface area contributed by atoms with Gasteiger partial charge in [-0.15, -0.1) is 0 Å². The maximum absolute atomic E-state index is 11.0. The fourth-order valence-corrected chi connectivity index (χ4v) is 2.02. The molecule has 1 aliphatic heterocycles. The predicted molar refractivity (Wildman–Crippen MR) is 52.6 cm³/mol. The highest BCUT2D eigenvalue weighted by Crippen LogP contribution is 2.29. The summed E-state index contributed by atoms with van der Waals surface area (Å²) < 4.78 is 5.12. The van der Waals surface area contributed by atoms with Crippen LogP contribution in [0.25, 0.3) is 0 Å². The molecular weight excluding hydrogens is 196 g/mol. The number of nitrogens with zero attached hydrogens (tertiary/aromatic N) is 1. The SMILES string of the molecule is Cc1nc(C2CCNCC2C(=O)O)co1. The molecule has 0 amide bonds. The second kappa shape index (κ2) is 4.02. The number of aromatic nitrogens is 1. The van der Waals surface area contributed by atoms with E-state index in [1.807, 2.05) is 0 Å².